The number of anilines is 1. The van der Waals surface area contributed by atoms with Crippen LogP contribution in [0.1, 0.15) is 47.0 Å². The molecule has 4 rings (SSSR count). The summed E-state index contributed by atoms with van der Waals surface area (Å²) < 4.78 is 1.67. The highest BCUT2D eigenvalue weighted by molar-refractivity contribution is 7.11. The van der Waals surface area contributed by atoms with Crippen LogP contribution < -0.4 is 10.2 Å². The fourth-order valence-electron chi connectivity index (χ4n) is 3.08. The number of thiazole rings is 1. The number of nitrogens with zero attached hydrogens (tertiary/aromatic N) is 4. The average molecular weight is 345 g/mol. The Kier molecular flexibility index (Phi) is 3.84. The van der Waals surface area contributed by atoms with Gasteiger partial charge in [-0.15, -0.1) is 11.3 Å². The number of carbonyl (C=O) groups excluding carboxylic acids is 2. The summed E-state index contributed by atoms with van der Waals surface area (Å²) in [5, 5.41) is 7.20. The largest absolute Gasteiger partial charge is 0.339 e. The molecule has 2 aromatic heterocycles. The van der Waals surface area contributed by atoms with E-state index in [2.05, 4.69) is 15.4 Å². The molecular formula is C16H19N5O2S. The first-order valence-corrected chi connectivity index (χ1v) is 9.06. The summed E-state index contributed by atoms with van der Waals surface area (Å²) in [6.07, 6.45) is 5.50. The van der Waals surface area contributed by atoms with E-state index < -0.39 is 6.04 Å². The standard InChI is InChI=1S/C16H19N5O2S/c1-20-8-6-12(19-20)21-7-2-3-11(16(21)23)18-15(22)14-13(10-4-5-10)17-9-24-14/h6,8-11H,2-5,7H2,1H3,(H,18,22)/t11-/m0/s1. The van der Waals surface area contributed by atoms with Gasteiger partial charge in [-0.3, -0.25) is 19.2 Å². The van der Waals surface area contributed by atoms with Gasteiger partial charge in [-0.25, -0.2) is 4.98 Å². The molecule has 126 valence electrons. The molecule has 0 bridgehead atoms. The maximum atomic E-state index is 12.7. The summed E-state index contributed by atoms with van der Waals surface area (Å²) >= 11 is 1.35. The SMILES string of the molecule is Cn1ccc(N2CCC[C@H](NC(=O)c3scnc3C3CC3)C2=O)n1. The van der Waals surface area contributed by atoms with Crippen molar-refractivity contribution in [2.24, 2.45) is 7.05 Å². The van der Waals surface area contributed by atoms with Crippen LogP contribution in [-0.4, -0.2) is 39.2 Å². The molecule has 2 amide bonds. The minimum Gasteiger partial charge on any atom is -0.339 e. The van der Waals surface area contributed by atoms with Gasteiger partial charge in [0, 0.05) is 31.8 Å². The number of carbonyl (C=O) groups is 2. The normalized spacial score (nSPS) is 21.1. The van der Waals surface area contributed by atoms with E-state index in [1.807, 2.05) is 19.3 Å². The molecule has 7 nitrogen and oxygen atoms in total. The summed E-state index contributed by atoms with van der Waals surface area (Å²) in [6, 6.07) is 1.32. The van der Waals surface area contributed by atoms with Crippen LogP contribution in [0.15, 0.2) is 17.8 Å². The predicted octanol–water partition coefficient (Wildman–Crippen LogP) is 1.68. The number of rotatable bonds is 4. The van der Waals surface area contributed by atoms with Crippen LogP contribution in [0, 0.1) is 0 Å². The number of hydrogen-bond acceptors (Lipinski definition) is 5. The van der Waals surface area contributed by atoms with Crippen molar-refractivity contribution in [3.63, 3.8) is 0 Å². The molecule has 2 aliphatic rings. The number of piperidine rings is 1. The van der Waals surface area contributed by atoms with Crippen molar-refractivity contribution in [3.05, 3.63) is 28.3 Å². The van der Waals surface area contributed by atoms with Crippen molar-refractivity contribution in [1.29, 1.82) is 0 Å². The third-order valence-corrected chi connectivity index (χ3v) is 5.33. The summed E-state index contributed by atoms with van der Waals surface area (Å²) in [7, 11) is 1.82. The summed E-state index contributed by atoms with van der Waals surface area (Å²) in [6.45, 7) is 0.635. The van der Waals surface area contributed by atoms with E-state index in [1.54, 1.807) is 15.1 Å². The second kappa shape index (κ2) is 6.01. The zero-order valence-electron chi connectivity index (χ0n) is 13.4. The molecule has 3 heterocycles. The Bertz CT molecular complexity index is 779. The number of nitrogens with one attached hydrogen (secondary N) is 1. The van der Waals surface area contributed by atoms with Crippen LogP contribution in [0.3, 0.4) is 0 Å². The average Bonchev–Trinajstić information content (AvgIpc) is 3.13. The van der Waals surface area contributed by atoms with Gasteiger partial charge in [0.05, 0.1) is 11.2 Å². The zero-order chi connectivity index (χ0) is 16.7. The van der Waals surface area contributed by atoms with Crippen molar-refractivity contribution in [3.8, 4) is 0 Å². The monoisotopic (exact) mass is 345 g/mol. The number of hydrogen-bond donors (Lipinski definition) is 1. The lowest BCUT2D eigenvalue weighted by molar-refractivity contribution is -0.121. The first-order valence-electron chi connectivity index (χ1n) is 8.19. The molecule has 2 fully saturated rings. The van der Waals surface area contributed by atoms with Gasteiger partial charge >= 0.3 is 0 Å². The van der Waals surface area contributed by atoms with Crippen LogP contribution in [-0.2, 0) is 11.8 Å². The third kappa shape index (κ3) is 2.82. The van der Waals surface area contributed by atoms with Crippen molar-refractivity contribution in [2.75, 3.05) is 11.4 Å². The molecule has 1 atom stereocenters. The van der Waals surface area contributed by atoms with E-state index >= 15 is 0 Å². The summed E-state index contributed by atoms with van der Waals surface area (Å²) in [4.78, 5) is 31.9. The molecule has 0 radical (unpaired) electrons. The first-order chi connectivity index (χ1) is 11.6. The predicted molar refractivity (Wildman–Crippen MR) is 90.1 cm³/mol. The first kappa shape index (κ1) is 15.3. The van der Waals surface area contributed by atoms with E-state index in [4.69, 9.17) is 0 Å². The van der Waals surface area contributed by atoms with E-state index in [-0.39, 0.29) is 11.8 Å². The van der Waals surface area contributed by atoms with Crippen LogP contribution in [0.5, 0.6) is 0 Å². The van der Waals surface area contributed by atoms with E-state index in [0.717, 1.165) is 25.0 Å². The third-order valence-electron chi connectivity index (χ3n) is 4.49. The Morgan fingerprint density at radius 3 is 2.92 bits per heavy atom. The molecule has 1 aliphatic heterocycles. The molecule has 1 saturated heterocycles. The maximum Gasteiger partial charge on any atom is 0.263 e. The lowest BCUT2D eigenvalue weighted by Gasteiger charge is -2.31. The molecule has 1 N–H and O–H groups in total. The van der Waals surface area contributed by atoms with Gasteiger partial charge in [0.1, 0.15) is 10.9 Å². The van der Waals surface area contributed by atoms with Crippen LogP contribution in [0.25, 0.3) is 0 Å². The topological polar surface area (TPSA) is 80.1 Å². The van der Waals surface area contributed by atoms with Crippen LogP contribution in [0.2, 0.25) is 0 Å². The highest BCUT2D eigenvalue weighted by atomic mass is 32.1. The van der Waals surface area contributed by atoms with E-state index in [9.17, 15) is 9.59 Å². The molecule has 0 unspecified atom stereocenters. The minimum absolute atomic E-state index is 0.0919. The van der Waals surface area contributed by atoms with Gasteiger partial charge in [-0.1, -0.05) is 0 Å². The Morgan fingerprint density at radius 2 is 2.21 bits per heavy atom. The van der Waals surface area contributed by atoms with Gasteiger partial charge in [-0.05, 0) is 25.7 Å². The van der Waals surface area contributed by atoms with Gasteiger partial charge in [-0.2, -0.15) is 5.10 Å². The molecule has 8 heteroatoms. The van der Waals surface area contributed by atoms with Gasteiger partial charge in [0.15, 0.2) is 5.82 Å². The maximum absolute atomic E-state index is 12.7. The fourth-order valence-corrected chi connectivity index (χ4v) is 3.86. The summed E-state index contributed by atoms with van der Waals surface area (Å²) in [5.41, 5.74) is 2.60. The van der Waals surface area contributed by atoms with E-state index in [1.165, 1.54) is 11.3 Å². The van der Waals surface area contributed by atoms with Crippen molar-refractivity contribution >= 4 is 29.0 Å². The van der Waals surface area contributed by atoms with Crippen molar-refractivity contribution in [2.45, 2.75) is 37.6 Å². The molecule has 1 saturated carbocycles. The van der Waals surface area contributed by atoms with Crippen LogP contribution in [0.4, 0.5) is 5.82 Å². The van der Waals surface area contributed by atoms with E-state index in [0.29, 0.717) is 29.6 Å². The van der Waals surface area contributed by atoms with Crippen molar-refractivity contribution < 1.29 is 9.59 Å². The lowest BCUT2D eigenvalue weighted by atomic mass is 10.0. The lowest BCUT2D eigenvalue weighted by Crippen LogP contribution is -2.52. The highest BCUT2D eigenvalue weighted by Gasteiger charge is 2.35. The minimum atomic E-state index is -0.498. The quantitative estimate of drug-likeness (QED) is 0.914. The molecule has 2 aromatic rings. The zero-order valence-corrected chi connectivity index (χ0v) is 14.3. The Balaban J connectivity index is 1.48. The molecular weight excluding hydrogens is 326 g/mol. The van der Waals surface area contributed by atoms with Gasteiger partial charge < -0.3 is 5.32 Å². The molecule has 24 heavy (non-hydrogen) atoms. The fraction of sp³-hybridized carbons (Fsp3) is 0.500. The molecule has 0 spiro atoms. The number of aromatic nitrogens is 3. The highest BCUT2D eigenvalue weighted by Crippen LogP contribution is 2.41. The summed E-state index contributed by atoms with van der Waals surface area (Å²) in [5.74, 6) is 0.786. The number of aryl methyl sites for hydroxylation is 1. The van der Waals surface area contributed by atoms with Crippen LogP contribution >= 0.6 is 11.3 Å². The smallest absolute Gasteiger partial charge is 0.263 e. The molecule has 0 aromatic carbocycles. The van der Waals surface area contributed by atoms with Gasteiger partial charge in [0.2, 0.25) is 0 Å². The van der Waals surface area contributed by atoms with Gasteiger partial charge in [0.25, 0.3) is 11.8 Å². The molecule has 1 aliphatic carbocycles. The number of amides is 2. The Hall–Kier alpha value is -2.22. The Morgan fingerprint density at radius 1 is 1.38 bits per heavy atom. The van der Waals surface area contributed by atoms with Crippen molar-refractivity contribution in [1.82, 2.24) is 20.1 Å². The Labute approximate surface area is 143 Å². The second-order valence-corrected chi connectivity index (χ2v) is 7.20. The second-order valence-electron chi connectivity index (χ2n) is 6.35.